The first-order valence-electron chi connectivity index (χ1n) is 6.46. The Morgan fingerprint density at radius 3 is 2.72 bits per heavy atom. The highest BCUT2D eigenvalue weighted by Crippen LogP contribution is 2.23. The average Bonchev–Trinajstić information content (AvgIpc) is 2.39. The van der Waals surface area contributed by atoms with E-state index in [9.17, 15) is 0 Å². The second-order valence-corrected chi connectivity index (χ2v) is 4.66. The molecule has 0 saturated carbocycles. The number of rotatable bonds is 4. The Hall–Kier alpha value is -1.67. The van der Waals surface area contributed by atoms with Crippen LogP contribution in [0.3, 0.4) is 0 Å². The van der Waals surface area contributed by atoms with Crippen molar-refractivity contribution in [3.05, 3.63) is 53.9 Å². The Kier molecular flexibility index (Phi) is 4.11. The topological polar surface area (TPSA) is 24.9 Å². The van der Waals surface area contributed by atoms with Gasteiger partial charge in [-0.25, -0.2) is 0 Å². The van der Waals surface area contributed by atoms with Crippen LogP contribution in [0.2, 0.25) is 0 Å². The van der Waals surface area contributed by atoms with Crippen molar-refractivity contribution in [3.8, 4) is 11.1 Å². The van der Waals surface area contributed by atoms with Crippen LogP contribution in [0.15, 0.2) is 42.7 Å². The number of pyridine rings is 1. The van der Waals surface area contributed by atoms with E-state index in [1.807, 2.05) is 12.4 Å². The van der Waals surface area contributed by atoms with Crippen LogP contribution in [-0.4, -0.2) is 11.5 Å². The van der Waals surface area contributed by atoms with E-state index in [0.717, 1.165) is 6.54 Å². The summed E-state index contributed by atoms with van der Waals surface area (Å²) in [4.78, 5) is 4.26. The van der Waals surface area contributed by atoms with Crippen molar-refractivity contribution < 1.29 is 0 Å². The van der Waals surface area contributed by atoms with Crippen LogP contribution in [0.1, 0.15) is 31.0 Å². The number of benzene rings is 1. The van der Waals surface area contributed by atoms with Gasteiger partial charge in [-0.05, 0) is 49.2 Å². The molecule has 0 saturated heterocycles. The van der Waals surface area contributed by atoms with Gasteiger partial charge in [0.2, 0.25) is 0 Å². The molecule has 1 heterocycles. The summed E-state index contributed by atoms with van der Waals surface area (Å²) in [5.41, 5.74) is 4.92. The summed E-state index contributed by atoms with van der Waals surface area (Å²) in [6.45, 7) is 7.38. The van der Waals surface area contributed by atoms with Crippen LogP contribution in [0.25, 0.3) is 11.1 Å². The Labute approximate surface area is 109 Å². The summed E-state index contributed by atoms with van der Waals surface area (Å²) in [6, 6.07) is 11.2. The summed E-state index contributed by atoms with van der Waals surface area (Å²) in [6.07, 6.45) is 3.80. The number of hydrogen-bond acceptors (Lipinski definition) is 2. The van der Waals surface area contributed by atoms with Crippen LogP contribution < -0.4 is 5.32 Å². The third-order valence-electron chi connectivity index (χ3n) is 3.11. The third-order valence-corrected chi connectivity index (χ3v) is 3.11. The minimum atomic E-state index is 0.382. The molecule has 0 bridgehead atoms. The molecule has 1 N–H and O–H groups in total. The molecule has 0 aliphatic heterocycles. The van der Waals surface area contributed by atoms with E-state index >= 15 is 0 Å². The zero-order valence-corrected chi connectivity index (χ0v) is 11.3. The third kappa shape index (κ3) is 2.96. The van der Waals surface area contributed by atoms with Gasteiger partial charge in [0.25, 0.3) is 0 Å². The SMILES string of the molecule is CCNC(C)c1cccc(-c2cncc(C)c2)c1. The molecule has 0 radical (unpaired) electrons. The van der Waals surface area contributed by atoms with Crippen LogP contribution in [0.5, 0.6) is 0 Å². The van der Waals surface area contributed by atoms with Gasteiger partial charge in [0, 0.05) is 24.0 Å². The molecule has 0 aliphatic carbocycles. The van der Waals surface area contributed by atoms with Crippen molar-refractivity contribution in [1.29, 1.82) is 0 Å². The molecule has 0 amide bonds. The van der Waals surface area contributed by atoms with Gasteiger partial charge >= 0.3 is 0 Å². The highest BCUT2D eigenvalue weighted by Gasteiger charge is 2.05. The number of aromatic nitrogens is 1. The van der Waals surface area contributed by atoms with Crippen molar-refractivity contribution in [1.82, 2.24) is 10.3 Å². The largest absolute Gasteiger partial charge is 0.310 e. The van der Waals surface area contributed by atoms with Gasteiger partial charge < -0.3 is 5.32 Å². The predicted molar refractivity (Wildman–Crippen MR) is 76.5 cm³/mol. The van der Waals surface area contributed by atoms with E-state index in [2.05, 4.69) is 61.4 Å². The van der Waals surface area contributed by atoms with Crippen molar-refractivity contribution in [2.45, 2.75) is 26.8 Å². The van der Waals surface area contributed by atoms with Crippen molar-refractivity contribution >= 4 is 0 Å². The van der Waals surface area contributed by atoms with Gasteiger partial charge in [-0.2, -0.15) is 0 Å². The first-order valence-corrected chi connectivity index (χ1v) is 6.46. The standard InChI is InChI=1S/C16H20N2/c1-4-18-13(3)14-6-5-7-15(9-14)16-8-12(2)10-17-11-16/h5-11,13,18H,4H2,1-3H3. The van der Waals surface area contributed by atoms with Gasteiger partial charge in [-0.1, -0.05) is 25.1 Å². The van der Waals surface area contributed by atoms with Gasteiger partial charge in [-0.3, -0.25) is 4.98 Å². The highest BCUT2D eigenvalue weighted by atomic mass is 14.9. The Morgan fingerprint density at radius 1 is 1.17 bits per heavy atom. The molecule has 0 aliphatic rings. The van der Waals surface area contributed by atoms with Gasteiger partial charge in [0.15, 0.2) is 0 Å². The fraction of sp³-hybridized carbons (Fsp3) is 0.312. The molecule has 1 unspecified atom stereocenters. The first kappa shape index (κ1) is 12.8. The van der Waals surface area contributed by atoms with Crippen LogP contribution in [0.4, 0.5) is 0 Å². The summed E-state index contributed by atoms with van der Waals surface area (Å²) >= 11 is 0. The summed E-state index contributed by atoms with van der Waals surface area (Å²) in [5.74, 6) is 0. The second kappa shape index (κ2) is 5.78. The minimum absolute atomic E-state index is 0.382. The quantitative estimate of drug-likeness (QED) is 0.881. The molecular formula is C16H20N2. The van der Waals surface area contributed by atoms with Gasteiger partial charge in [-0.15, -0.1) is 0 Å². The van der Waals surface area contributed by atoms with Crippen molar-refractivity contribution in [3.63, 3.8) is 0 Å². The Bertz CT molecular complexity index is 520. The monoisotopic (exact) mass is 240 g/mol. The maximum absolute atomic E-state index is 4.26. The molecule has 0 spiro atoms. The van der Waals surface area contributed by atoms with Crippen molar-refractivity contribution in [2.75, 3.05) is 6.54 Å². The fourth-order valence-corrected chi connectivity index (χ4v) is 2.12. The van der Waals surface area contributed by atoms with Crippen LogP contribution >= 0.6 is 0 Å². The van der Waals surface area contributed by atoms with E-state index in [-0.39, 0.29) is 0 Å². The van der Waals surface area contributed by atoms with Gasteiger partial charge in [0.1, 0.15) is 0 Å². The Morgan fingerprint density at radius 2 is 2.00 bits per heavy atom. The molecule has 18 heavy (non-hydrogen) atoms. The second-order valence-electron chi connectivity index (χ2n) is 4.66. The normalized spacial score (nSPS) is 12.4. The molecule has 94 valence electrons. The average molecular weight is 240 g/mol. The molecule has 2 nitrogen and oxygen atoms in total. The highest BCUT2D eigenvalue weighted by molar-refractivity contribution is 5.63. The lowest BCUT2D eigenvalue weighted by molar-refractivity contribution is 0.598. The van der Waals surface area contributed by atoms with E-state index < -0.39 is 0 Å². The molecule has 2 aromatic rings. The maximum Gasteiger partial charge on any atom is 0.0346 e. The summed E-state index contributed by atoms with van der Waals surface area (Å²) < 4.78 is 0. The van der Waals surface area contributed by atoms with Crippen LogP contribution in [-0.2, 0) is 0 Å². The Balaban J connectivity index is 2.32. The molecule has 2 rings (SSSR count). The smallest absolute Gasteiger partial charge is 0.0346 e. The van der Waals surface area contributed by atoms with E-state index in [1.165, 1.54) is 22.3 Å². The molecule has 1 aromatic carbocycles. The first-order chi connectivity index (χ1) is 8.70. The molecular weight excluding hydrogens is 220 g/mol. The van der Waals surface area contributed by atoms with Gasteiger partial charge in [0.05, 0.1) is 0 Å². The van der Waals surface area contributed by atoms with E-state index in [4.69, 9.17) is 0 Å². The molecule has 1 aromatic heterocycles. The van der Waals surface area contributed by atoms with E-state index in [0.29, 0.717) is 6.04 Å². The zero-order chi connectivity index (χ0) is 13.0. The van der Waals surface area contributed by atoms with Crippen molar-refractivity contribution in [2.24, 2.45) is 0 Å². The molecule has 2 heteroatoms. The number of aryl methyl sites for hydroxylation is 1. The summed E-state index contributed by atoms with van der Waals surface area (Å²) in [7, 11) is 0. The lowest BCUT2D eigenvalue weighted by Crippen LogP contribution is -2.17. The molecule has 1 atom stereocenters. The lowest BCUT2D eigenvalue weighted by Gasteiger charge is -2.14. The van der Waals surface area contributed by atoms with Crippen LogP contribution in [0, 0.1) is 6.92 Å². The lowest BCUT2D eigenvalue weighted by atomic mass is 10.0. The number of hydrogen-bond donors (Lipinski definition) is 1. The number of nitrogens with zero attached hydrogens (tertiary/aromatic N) is 1. The molecule has 0 fully saturated rings. The maximum atomic E-state index is 4.26. The number of nitrogens with one attached hydrogen (secondary N) is 1. The predicted octanol–water partition coefficient (Wildman–Crippen LogP) is 3.73. The minimum Gasteiger partial charge on any atom is -0.310 e. The zero-order valence-electron chi connectivity index (χ0n) is 11.3. The fourth-order valence-electron chi connectivity index (χ4n) is 2.12. The van der Waals surface area contributed by atoms with E-state index in [1.54, 1.807) is 0 Å². The summed E-state index contributed by atoms with van der Waals surface area (Å²) in [5, 5.41) is 3.44.